The highest BCUT2D eigenvalue weighted by molar-refractivity contribution is 14.1. The van der Waals surface area contributed by atoms with Crippen molar-refractivity contribution in [2.24, 2.45) is 5.10 Å². The van der Waals surface area contributed by atoms with Crippen LogP contribution >= 0.6 is 34.2 Å². The molecule has 0 spiro atoms. The molecule has 0 unspecified atom stereocenters. The molecule has 0 aliphatic heterocycles. The molecule has 2 N–H and O–H groups in total. The number of halogens is 2. The van der Waals surface area contributed by atoms with Gasteiger partial charge in [-0.05, 0) is 71.5 Å². The first-order valence-corrected chi connectivity index (χ1v) is 11.3. The summed E-state index contributed by atoms with van der Waals surface area (Å²) in [5.41, 5.74) is 5.28. The van der Waals surface area contributed by atoms with E-state index in [4.69, 9.17) is 21.1 Å². The molecule has 0 saturated heterocycles. The molecule has 7 nitrogen and oxygen atoms in total. The van der Waals surface area contributed by atoms with Crippen LogP contribution in [0.2, 0.25) is 5.02 Å². The first-order chi connectivity index (χ1) is 15.9. The fraction of sp³-hybridized carbons (Fsp3) is 0.125. The minimum atomic E-state index is -0.356. The number of methoxy groups -OCH3 is 1. The normalized spacial score (nSPS) is 10.7. The number of nitrogens with one attached hydrogen (secondary N) is 2. The zero-order chi connectivity index (χ0) is 23.8. The van der Waals surface area contributed by atoms with E-state index in [-0.39, 0.29) is 18.4 Å². The van der Waals surface area contributed by atoms with Crippen molar-refractivity contribution in [1.82, 2.24) is 5.43 Å². The first kappa shape index (κ1) is 24.5. The standard InChI is InChI=1S/C24H21ClIN3O4/c1-15-7-9-17(10-8-15)24(31)29-27-13-16-11-19(26)23(21(12-16)32-2)33-14-22(30)28-20-6-4-3-5-18(20)25/h3-13H,14H2,1-2H3,(H,28,30)(H,29,31)/b27-13+. The molecule has 3 rings (SSSR count). The molecule has 0 bridgehead atoms. The van der Waals surface area contributed by atoms with Crippen LogP contribution in [0.4, 0.5) is 5.69 Å². The van der Waals surface area contributed by atoms with Gasteiger partial charge in [0.2, 0.25) is 0 Å². The molecule has 0 aromatic heterocycles. The van der Waals surface area contributed by atoms with Crippen molar-refractivity contribution in [1.29, 1.82) is 0 Å². The van der Waals surface area contributed by atoms with Gasteiger partial charge in [-0.2, -0.15) is 5.10 Å². The number of benzene rings is 3. The Kier molecular flexibility index (Phi) is 8.67. The van der Waals surface area contributed by atoms with E-state index in [0.717, 1.165) is 5.56 Å². The van der Waals surface area contributed by atoms with Gasteiger partial charge in [-0.3, -0.25) is 9.59 Å². The Morgan fingerprint density at radius 3 is 2.55 bits per heavy atom. The molecular weight excluding hydrogens is 557 g/mol. The first-order valence-electron chi connectivity index (χ1n) is 9.82. The largest absolute Gasteiger partial charge is 0.493 e. The second kappa shape index (κ2) is 11.7. The molecule has 0 aliphatic rings. The van der Waals surface area contributed by atoms with Gasteiger partial charge in [0.15, 0.2) is 18.1 Å². The van der Waals surface area contributed by atoms with Gasteiger partial charge in [0.05, 0.1) is 27.6 Å². The highest BCUT2D eigenvalue weighted by Crippen LogP contribution is 2.33. The topological polar surface area (TPSA) is 89.0 Å². The Bertz CT molecular complexity index is 1180. The van der Waals surface area contributed by atoms with Crippen LogP contribution in [0.1, 0.15) is 21.5 Å². The molecular formula is C24H21ClIN3O4. The van der Waals surface area contributed by atoms with Crippen molar-refractivity contribution in [3.8, 4) is 11.5 Å². The van der Waals surface area contributed by atoms with Crippen LogP contribution in [-0.2, 0) is 4.79 Å². The highest BCUT2D eigenvalue weighted by Gasteiger charge is 2.14. The number of anilines is 1. The average molecular weight is 578 g/mol. The summed E-state index contributed by atoms with van der Waals surface area (Å²) >= 11 is 8.14. The van der Waals surface area contributed by atoms with Gasteiger partial charge in [-0.15, -0.1) is 0 Å². The van der Waals surface area contributed by atoms with E-state index >= 15 is 0 Å². The predicted molar refractivity (Wildman–Crippen MR) is 138 cm³/mol. The van der Waals surface area contributed by atoms with Crippen LogP contribution in [0.5, 0.6) is 11.5 Å². The van der Waals surface area contributed by atoms with E-state index in [0.29, 0.717) is 36.9 Å². The number of hydrogen-bond donors (Lipinski definition) is 2. The Balaban J connectivity index is 1.63. The lowest BCUT2D eigenvalue weighted by molar-refractivity contribution is -0.118. The predicted octanol–water partition coefficient (Wildman–Crippen LogP) is 5.04. The lowest BCUT2D eigenvalue weighted by Crippen LogP contribution is -2.21. The van der Waals surface area contributed by atoms with Crippen molar-refractivity contribution in [2.45, 2.75) is 6.92 Å². The summed E-state index contributed by atoms with van der Waals surface area (Å²) in [6.07, 6.45) is 1.50. The summed E-state index contributed by atoms with van der Waals surface area (Å²) in [6, 6.07) is 17.6. The average Bonchev–Trinajstić information content (AvgIpc) is 2.80. The molecule has 0 aliphatic carbocycles. The maximum absolute atomic E-state index is 12.3. The van der Waals surface area contributed by atoms with Crippen LogP contribution in [0.15, 0.2) is 65.8 Å². The summed E-state index contributed by atoms with van der Waals surface area (Å²) in [5.74, 6) is 0.190. The minimum Gasteiger partial charge on any atom is -0.493 e. The fourth-order valence-electron chi connectivity index (χ4n) is 2.78. The number of ether oxygens (including phenoxy) is 2. The molecule has 3 aromatic rings. The lowest BCUT2D eigenvalue weighted by Gasteiger charge is -2.14. The van der Waals surface area contributed by atoms with Gasteiger partial charge in [0, 0.05) is 5.56 Å². The van der Waals surface area contributed by atoms with Crippen LogP contribution in [0, 0.1) is 10.5 Å². The van der Waals surface area contributed by atoms with Crippen LogP contribution in [0.3, 0.4) is 0 Å². The van der Waals surface area contributed by atoms with Crippen molar-refractivity contribution < 1.29 is 19.1 Å². The third-order valence-electron chi connectivity index (χ3n) is 4.44. The Labute approximate surface area is 210 Å². The van der Waals surface area contributed by atoms with Gasteiger partial charge >= 0.3 is 0 Å². The number of nitrogens with zero attached hydrogens (tertiary/aromatic N) is 1. The van der Waals surface area contributed by atoms with Crippen LogP contribution in [0.25, 0.3) is 0 Å². The smallest absolute Gasteiger partial charge is 0.271 e. The molecule has 170 valence electrons. The van der Waals surface area contributed by atoms with E-state index in [1.54, 1.807) is 48.5 Å². The molecule has 33 heavy (non-hydrogen) atoms. The number of aryl methyl sites for hydroxylation is 1. The van der Waals surface area contributed by atoms with Crippen LogP contribution in [-0.4, -0.2) is 31.7 Å². The number of hydrogen-bond acceptors (Lipinski definition) is 5. The Hall–Kier alpha value is -3.11. The number of carbonyl (C=O) groups is 2. The molecule has 0 radical (unpaired) electrons. The van der Waals surface area contributed by atoms with Gasteiger partial charge < -0.3 is 14.8 Å². The van der Waals surface area contributed by atoms with Gasteiger partial charge in [0.1, 0.15) is 0 Å². The van der Waals surface area contributed by atoms with Crippen molar-refractivity contribution >= 4 is 57.9 Å². The second-order valence-corrected chi connectivity index (χ2v) is 8.49. The quantitative estimate of drug-likeness (QED) is 0.223. The Morgan fingerprint density at radius 2 is 1.85 bits per heavy atom. The van der Waals surface area contributed by atoms with Crippen molar-refractivity contribution in [3.05, 3.63) is 85.9 Å². The van der Waals surface area contributed by atoms with E-state index in [9.17, 15) is 9.59 Å². The Morgan fingerprint density at radius 1 is 1.12 bits per heavy atom. The van der Waals surface area contributed by atoms with Gasteiger partial charge in [0.25, 0.3) is 11.8 Å². The van der Waals surface area contributed by atoms with E-state index in [1.807, 2.05) is 19.1 Å². The number of carbonyl (C=O) groups excluding carboxylic acids is 2. The fourth-order valence-corrected chi connectivity index (χ4v) is 3.74. The third-order valence-corrected chi connectivity index (χ3v) is 5.57. The van der Waals surface area contributed by atoms with Gasteiger partial charge in [-0.25, -0.2) is 5.43 Å². The molecule has 0 atom stereocenters. The zero-order valence-corrected chi connectivity index (χ0v) is 20.8. The number of para-hydroxylation sites is 1. The molecule has 3 aromatic carbocycles. The van der Waals surface area contributed by atoms with E-state index in [2.05, 4.69) is 38.4 Å². The molecule has 0 fully saturated rings. The molecule has 9 heteroatoms. The summed E-state index contributed by atoms with van der Waals surface area (Å²) in [4.78, 5) is 24.4. The summed E-state index contributed by atoms with van der Waals surface area (Å²) in [6.45, 7) is 1.73. The van der Waals surface area contributed by atoms with E-state index < -0.39 is 0 Å². The van der Waals surface area contributed by atoms with Crippen LogP contribution < -0.4 is 20.2 Å². The monoisotopic (exact) mass is 577 g/mol. The summed E-state index contributed by atoms with van der Waals surface area (Å²) < 4.78 is 11.8. The molecule has 0 saturated carbocycles. The maximum Gasteiger partial charge on any atom is 0.271 e. The SMILES string of the molecule is COc1cc(/C=N/NC(=O)c2ccc(C)cc2)cc(I)c1OCC(=O)Nc1ccccc1Cl. The zero-order valence-electron chi connectivity index (χ0n) is 17.9. The molecule has 2 amide bonds. The van der Waals surface area contributed by atoms with Crippen molar-refractivity contribution in [3.63, 3.8) is 0 Å². The summed E-state index contributed by atoms with van der Waals surface area (Å²) in [5, 5.41) is 7.16. The third kappa shape index (κ3) is 6.93. The number of rotatable bonds is 8. The summed E-state index contributed by atoms with van der Waals surface area (Å²) in [7, 11) is 1.50. The minimum absolute atomic E-state index is 0.225. The number of amides is 2. The van der Waals surface area contributed by atoms with Gasteiger partial charge in [-0.1, -0.05) is 41.4 Å². The highest BCUT2D eigenvalue weighted by atomic mass is 127. The number of hydrazone groups is 1. The second-order valence-electron chi connectivity index (χ2n) is 6.92. The molecule has 0 heterocycles. The van der Waals surface area contributed by atoms with E-state index in [1.165, 1.54) is 13.3 Å². The maximum atomic E-state index is 12.3. The van der Waals surface area contributed by atoms with Crippen molar-refractivity contribution in [2.75, 3.05) is 19.0 Å². The lowest BCUT2D eigenvalue weighted by atomic mass is 10.1.